The fraction of sp³-hybridized carbons (Fsp3) is 0.292. The van der Waals surface area contributed by atoms with Crippen molar-refractivity contribution in [1.29, 1.82) is 0 Å². The molecule has 2 aromatic carbocycles. The van der Waals surface area contributed by atoms with Crippen LogP contribution < -0.4 is 0 Å². The standard InChI is InChI=1S/C24H21ClF6N4O/c1-34(2)13-20-32-11-18(17-6-4-5-7-19(17)25)21(33-20)22(36)35(3)12-14-8-15(23(26,27)28)10-16(9-14)24(29,30)31/h4-11H,12-13H2,1-3H3. The molecule has 0 aliphatic carbocycles. The number of rotatable bonds is 6. The first kappa shape index (κ1) is 27.4. The van der Waals surface area contributed by atoms with Crippen molar-refractivity contribution in [3.05, 3.63) is 81.9 Å². The largest absolute Gasteiger partial charge is 0.416 e. The summed E-state index contributed by atoms with van der Waals surface area (Å²) in [5.41, 5.74) is -2.61. The Hall–Kier alpha value is -3.18. The van der Waals surface area contributed by atoms with Gasteiger partial charge >= 0.3 is 12.4 Å². The molecule has 192 valence electrons. The van der Waals surface area contributed by atoms with Gasteiger partial charge in [0.25, 0.3) is 5.91 Å². The van der Waals surface area contributed by atoms with Gasteiger partial charge in [0, 0.05) is 35.9 Å². The van der Waals surface area contributed by atoms with Gasteiger partial charge in [-0.3, -0.25) is 4.79 Å². The SMILES string of the molecule is CN(C)Cc1ncc(-c2ccccc2Cl)c(C(=O)N(C)Cc2cc(C(F)(F)F)cc(C(F)(F)F)c2)n1. The number of benzene rings is 2. The van der Waals surface area contributed by atoms with Crippen molar-refractivity contribution in [1.82, 2.24) is 19.8 Å². The molecule has 0 aliphatic rings. The fourth-order valence-electron chi connectivity index (χ4n) is 3.45. The van der Waals surface area contributed by atoms with Gasteiger partial charge in [-0.25, -0.2) is 9.97 Å². The predicted octanol–water partition coefficient (Wildman–Crippen LogP) is 6.17. The van der Waals surface area contributed by atoms with Crippen LogP contribution in [0.1, 0.15) is 33.0 Å². The van der Waals surface area contributed by atoms with Crippen LogP contribution in [0.25, 0.3) is 11.1 Å². The number of alkyl halides is 6. The van der Waals surface area contributed by atoms with Crippen molar-refractivity contribution in [3.8, 4) is 11.1 Å². The summed E-state index contributed by atoms with van der Waals surface area (Å²) in [6.45, 7) is -0.240. The van der Waals surface area contributed by atoms with Crippen LogP contribution in [0.4, 0.5) is 26.3 Å². The zero-order valence-corrected chi connectivity index (χ0v) is 20.1. The molecule has 1 amide bonds. The molecule has 1 aromatic heterocycles. The van der Waals surface area contributed by atoms with E-state index < -0.39 is 35.9 Å². The van der Waals surface area contributed by atoms with E-state index >= 15 is 0 Å². The quantitative estimate of drug-likeness (QED) is 0.358. The number of hydrogen-bond acceptors (Lipinski definition) is 4. The van der Waals surface area contributed by atoms with Crippen LogP contribution in [0.3, 0.4) is 0 Å². The second-order valence-corrected chi connectivity index (χ2v) is 8.75. The maximum Gasteiger partial charge on any atom is 0.416 e. The van der Waals surface area contributed by atoms with E-state index in [0.29, 0.717) is 28.5 Å². The molecule has 1 heterocycles. The third kappa shape index (κ3) is 6.52. The van der Waals surface area contributed by atoms with Gasteiger partial charge in [0.15, 0.2) is 0 Å². The van der Waals surface area contributed by atoms with Crippen LogP contribution in [-0.2, 0) is 25.4 Å². The van der Waals surface area contributed by atoms with Gasteiger partial charge in [-0.2, -0.15) is 26.3 Å². The molecular formula is C24H21ClF6N4O. The molecule has 0 unspecified atom stereocenters. The van der Waals surface area contributed by atoms with Gasteiger partial charge < -0.3 is 9.80 Å². The van der Waals surface area contributed by atoms with E-state index in [1.54, 1.807) is 43.3 Å². The summed E-state index contributed by atoms with van der Waals surface area (Å²) < 4.78 is 79.5. The van der Waals surface area contributed by atoms with E-state index in [9.17, 15) is 31.1 Å². The zero-order chi connectivity index (χ0) is 26.8. The second kappa shape index (κ2) is 10.4. The molecule has 12 heteroatoms. The van der Waals surface area contributed by atoms with Crippen molar-refractivity contribution in [2.75, 3.05) is 21.1 Å². The first-order chi connectivity index (χ1) is 16.7. The average Bonchev–Trinajstić information content (AvgIpc) is 2.77. The van der Waals surface area contributed by atoms with Crippen LogP contribution >= 0.6 is 11.6 Å². The molecule has 0 radical (unpaired) electrons. The van der Waals surface area contributed by atoms with Gasteiger partial charge in [0.1, 0.15) is 11.5 Å². The van der Waals surface area contributed by atoms with Crippen LogP contribution in [0.15, 0.2) is 48.7 Å². The Morgan fingerprint density at radius 1 is 0.889 bits per heavy atom. The summed E-state index contributed by atoms with van der Waals surface area (Å²) in [6.07, 6.45) is -8.58. The van der Waals surface area contributed by atoms with Crippen molar-refractivity contribution < 1.29 is 31.1 Å². The molecule has 0 saturated heterocycles. The van der Waals surface area contributed by atoms with Gasteiger partial charge in [-0.15, -0.1) is 0 Å². The van der Waals surface area contributed by atoms with Gasteiger partial charge in [0.05, 0.1) is 17.7 Å². The Morgan fingerprint density at radius 3 is 2.00 bits per heavy atom. The van der Waals surface area contributed by atoms with Crippen LogP contribution in [-0.4, -0.2) is 46.8 Å². The van der Waals surface area contributed by atoms with E-state index in [2.05, 4.69) is 9.97 Å². The summed E-state index contributed by atoms with van der Waals surface area (Å²) >= 11 is 6.29. The van der Waals surface area contributed by atoms with E-state index in [1.807, 2.05) is 0 Å². The molecule has 5 nitrogen and oxygen atoms in total. The first-order valence-electron chi connectivity index (χ1n) is 10.5. The van der Waals surface area contributed by atoms with Gasteiger partial charge in [0.2, 0.25) is 0 Å². The Labute approximate surface area is 208 Å². The summed E-state index contributed by atoms with van der Waals surface area (Å²) in [5, 5.41) is 0.311. The molecular weight excluding hydrogens is 510 g/mol. The highest BCUT2D eigenvalue weighted by molar-refractivity contribution is 6.33. The Balaban J connectivity index is 2.04. The van der Waals surface area contributed by atoms with Crippen molar-refractivity contribution in [2.24, 2.45) is 0 Å². The molecule has 0 aliphatic heterocycles. The normalized spacial score (nSPS) is 12.2. The molecule has 0 atom stereocenters. The lowest BCUT2D eigenvalue weighted by atomic mass is 10.0. The molecule has 0 saturated carbocycles. The molecule has 3 rings (SSSR count). The molecule has 3 aromatic rings. The molecule has 0 N–H and O–H groups in total. The summed E-state index contributed by atoms with van der Waals surface area (Å²) in [5.74, 6) is -0.427. The number of aromatic nitrogens is 2. The van der Waals surface area contributed by atoms with E-state index in [4.69, 9.17) is 11.6 Å². The summed E-state index contributed by atoms with van der Waals surface area (Å²) in [7, 11) is 4.80. The topological polar surface area (TPSA) is 49.3 Å². The van der Waals surface area contributed by atoms with Crippen LogP contribution in [0, 0.1) is 0 Å². The monoisotopic (exact) mass is 530 g/mol. The molecule has 0 fully saturated rings. The number of hydrogen-bond donors (Lipinski definition) is 0. The minimum Gasteiger partial charge on any atom is -0.336 e. The second-order valence-electron chi connectivity index (χ2n) is 8.34. The first-order valence-corrected chi connectivity index (χ1v) is 10.8. The van der Waals surface area contributed by atoms with Crippen molar-refractivity contribution >= 4 is 17.5 Å². The maximum absolute atomic E-state index is 13.4. The minimum atomic E-state index is -5.00. The molecule has 36 heavy (non-hydrogen) atoms. The summed E-state index contributed by atoms with van der Waals surface area (Å²) in [6, 6.07) is 7.84. The molecule has 0 spiro atoms. The van der Waals surface area contributed by atoms with Crippen LogP contribution in [0.5, 0.6) is 0 Å². The van der Waals surface area contributed by atoms with E-state index in [0.717, 1.165) is 4.90 Å². The van der Waals surface area contributed by atoms with Crippen molar-refractivity contribution in [3.63, 3.8) is 0 Å². The Kier molecular flexibility index (Phi) is 7.94. The third-order valence-electron chi connectivity index (χ3n) is 5.08. The lowest BCUT2D eigenvalue weighted by molar-refractivity contribution is -0.143. The number of nitrogens with zero attached hydrogens (tertiary/aromatic N) is 4. The highest BCUT2D eigenvalue weighted by Crippen LogP contribution is 2.37. The minimum absolute atomic E-state index is 0.0405. The fourth-order valence-corrected chi connectivity index (χ4v) is 3.69. The zero-order valence-electron chi connectivity index (χ0n) is 19.4. The van der Waals surface area contributed by atoms with E-state index in [1.165, 1.54) is 13.2 Å². The van der Waals surface area contributed by atoms with Gasteiger partial charge in [-0.1, -0.05) is 29.8 Å². The Morgan fingerprint density at radius 2 is 1.47 bits per heavy atom. The van der Waals surface area contributed by atoms with E-state index in [-0.39, 0.29) is 29.4 Å². The highest BCUT2D eigenvalue weighted by atomic mass is 35.5. The number of carbonyl (C=O) groups is 1. The number of amides is 1. The maximum atomic E-state index is 13.4. The average molecular weight is 531 g/mol. The number of carbonyl (C=O) groups excluding carboxylic acids is 1. The molecule has 0 bridgehead atoms. The van der Waals surface area contributed by atoms with Crippen LogP contribution in [0.2, 0.25) is 5.02 Å². The van der Waals surface area contributed by atoms with Gasteiger partial charge in [-0.05, 0) is 43.9 Å². The smallest absolute Gasteiger partial charge is 0.336 e. The lowest BCUT2D eigenvalue weighted by Gasteiger charge is -2.21. The third-order valence-corrected chi connectivity index (χ3v) is 5.41. The number of halogens is 7. The summed E-state index contributed by atoms with van der Waals surface area (Å²) in [4.78, 5) is 24.8. The predicted molar refractivity (Wildman–Crippen MR) is 122 cm³/mol. The lowest BCUT2D eigenvalue weighted by Crippen LogP contribution is -2.29. The highest BCUT2D eigenvalue weighted by Gasteiger charge is 2.37. The van der Waals surface area contributed by atoms with Crippen molar-refractivity contribution in [2.45, 2.75) is 25.4 Å². The Bertz CT molecular complexity index is 1230.